The van der Waals surface area contributed by atoms with E-state index < -0.39 is 11.2 Å². The Kier molecular flexibility index (Phi) is 11.1. The van der Waals surface area contributed by atoms with Crippen LogP contribution in [0, 0.1) is 0 Å². The summed E-state index contributed by atoms with van der Waals surface area (Å²) in [5, 5.41) is 8.86. The first-order valence-electron chi connectivity index (χ1n) is 13.6. The number of nitrogens with one attached hydrogen (secondary N) is 3. The zero-order valence-electron chi connectivity index (χ0n) is 23.9. The number of hydrogen-bond donors (Lipinski definition) is 3. The monoisotopic (exact) mass is 631 g/mol. The van der Waals surface area contributed by atoms with Gasteiger partial charge in [0, 0.05) is 21.2 Å². The third kappa shape index (κ3) is 9.22. The number of anilines is 2. The minimum Gasteiger partial charge on any atom is -0.324 e. The summed E-state index contributed by atoms with van der Waals surface area (Å²) >= 11 is 13.5. The molecule has 0 saturated carbocycles. The number of amides is 3. The number of halogens is 2. The van der Waals surface area contributed by atoms with Crippen LogP contribution in [0.1, 0.15) is 48.2 Å². The van der Waals surface area contributed by atoms with Crippen molar-refractivity contribution in [1.82, 2.24) is 5.32 Å². The average Bonchev–Trinajstić information content (AvgIpc) is 3.00. The van der Waals surface area contributed by atoms with E-state index in [1.807, 2.05) is 42.5 Å². The van der Waals surface area contributed by atoms with Crippen molar-refractivity contribution >= 4 is 70.1 Å². The summed E-state index contributed by atoms with van der Waals surface area (Å²) in [5.41, 5.74) is 3.48. The molecule has 4 aromatic carbocycles. The molecule has 6 nitrogen and oxygen atoms in total. The summed E-state index contributed by atoms with van der Waals surface area (Å²) < 4.78 is 0. The van der Waals surface area contributed by atoms with Gasteiger partial charge in [0.1, 0.15) is 5.70 Å². The van der Waals surface area contributed by atoms with Crippen LogP contribution in [-0.2, 0) is 9.59 Å². The third-order valence-corrected chi connectivity index (χ3v) is 8.10. The van der Waals surface area contributed by atoms with Crippen LogP contribution in [0.5, 0.6) is 0 Å². The maximum Gasteiger partial charge on any atom is 0.272 e. The summed E-state index contributed by atoms with van der Waals surface area (Å²) in [7, 11) is 0. The van der Waals surface area contributed by atoms with Crippen molar-refractivity contribution in [2.75, 3.05) is 10.6 Å². The van der Waals surface area contributed by atoms with E-state index in [4.69, 9.17) is 23.2 Å². The summed E-state index contributed by atoms with van der Waals surface area (Å²) in [6.07, 6.45) is 1.65. The van der Waals surface area contributed by atoms with Crippen LogP contribution < -0.4 is 16.0 Å². The summed E-state index contributed by atoms with van der Waals surface area (Å²) in [4.78, 5) is 39.8. The van der Waals surface area contributed by atoms with Crippen LogP contribution >= 0.6 is 35.0 Å². The molecule has 0 aliphatic heterocycles. The second kappa shape index (κ2) is 14.9. The minimum absolute atomic E-state index is 0.106. The van der Waals surface area contributed by atoms with E-state index in [9.17, 15) is 14.4 Å². The topological polar surface area (TPSA) is 87.3 Å². The lowest BCUT2D eigenvalue weighted by Gasteiger charge is -2.14. The standard InChI is InChI=1S/C34H31Cl2N3O3S/c1-21(2)24-11-9-23(10-12-24)19-31(39-33(41)25-7-5-4-6-8-25)34(42)37-27-14-16-28(17-15-27)43-22(3)32(40)38-30-20-26(35)13-18-29(30)36/h4-22H,1-3H3,(H,37,42)(H,38,40)(H,39,41)/b31-19-. The van der Waals surface area contributed by atoms with Crippen LogP contribution in [0.2, 0.25) is 10.0 Å². The van der Waals surface area contributed by atoms with Crippen molar-refractivity contribution in [3.63, 3.8) is 0 Å². The van der Waals surface area contributed by atoms with Gasteiger partial charge in [-0.2, -0.15) is 0 Å². The Balaban J connectivity index is 1.45. The van der Waals surface area contributed by atoms with Gasteiger partial charge in [-0.25, -0.2) is 0 Å². The van der Waals surface area contributed by atoms with Gasteiger partial charge in [0.05, 0.1) is 16.0 Å². The molecular weight excluding hydrogens is 601 g/mol. The zero-order chi connectivity index (χ0) is 30.9. The van der Waals surface area contributed by atoms with Crippen LogP contribution in [-0.4, -0.2) is 23.0 Å². The SMILES string of the molecule is CC(Sc1ccc(NC(=O)/C(=C/c2ccc(C(C)C)cc2)NC(=O)c2ccccc2)cc1)C(=O)Nc1cc(Cl)ccc1Cl. The van der Waals surface area contributed by atoms with Gasteiger partial charge in [0.25, 0.3) is 11.8 Å². The Hall–Kier alpha value is -4.04. The van der Waals surface area contributed by atoms with E-state index in [0.717, 1.165) is 10.5 Å². The molecule has 43 heavy (non-hydrogen) atoms. The highest BCUT2D eigenvalue weighted by Crippen LogP contribution is 2.29. The average molecular weight is 633 g/mol. The van der Waals surface area contributed by atoms with Gasteiger partial charge in [-0.3, -0.25) is 14.4 Å². The molecule has 4 aromatic rings. The first-order valence-corrected chi connectivity index (χ1v) is 15.2. The molecule has 220 valence electrons. The summed E-state index contributed by atoms with van der Waals surface area (Å²) in [6, 6.07) is 28.5. The number of carbonyl (C=O) groups excluding carboxylic acids is 3. The van der Waals surface area contributed by atoms with E-state index >= 15 is 0 Å². The molecule has 1 unspecified atom stereocenters. The Morgan fingerprint density at radius 1 is 0.791 bits per heavy atom. The fraction of sp³-hybridized carbons (Fsp3) is 0.147. The number of rotatable bonds is 10. The van der Waals surface area contributed by atoms with E-state index in [2.05, 4.69) is 29.8 Å². The molecule has 0 fully saturated rings. The predicted molar refractivity (Wildman–Crippen MR) is 178 cm³/mol. The molecule has 9 heteroatoms. The molecule has 0 spiro atoms. The molecule has 3 amide bonds. The highest BCUT2D eigenvalue weighted by Gasteiger charge is 2.18. The second-order valence-electron chi connectivity index (χ2n) is 10.1. The molecule has 0 bridgehead atoms. The van der Waals surface area contributed by atoms with Crippen LogP contribution in [0.25, 0.3) is 6.08 Å². The van der Waals surface area contributed by atoms with E-state index in [-0.39, 0.29) is 17.5 Å². The number of benzene rings is 4. The molecule has 4 rings (SSSR count). The maximum absolute atomic E-state index is 13.4. The molecule has 0 aliphatic carbocycles. The fourth-order valence-electron chi connectivity index (χ4n) is 3.99. The maximum atomic E-state index is 13.4. The van der Waals surface area contributed by atoms with Crippen molar-refractivity contribution in [2.24, 2.45) is 0 Å². The van der Waals surface area contributed by atoms with E-state index in [1.54, 1.807) is 67.6 Å². The Bertz CT molecular complexity index is 1620. The second-order valence-corrected chi connectivity index (χ2v) is 12.3. The van der Waals surface area contributed by atoms with Crippen LogP contribution in [0.3, 0.4) is 0 Å². The fourth-order valence-corrected chi connectivity index (χ4v) is 5.19. The van der Waals surface area contributed by atoms with Gasteiger partial charge in [0.15, 0.2) is 0 Å². The van der Waals surface area contributed by atoms with Crippen molar-refractivity contribution in [3.05, 3.63) is 129 Å². The van der Waals surface area contributed by atoms with Crippen molar-refractivity contribution in [2.45, 2.75) is 36.8 Å². The third-order valence-electron chi connectivity index (χ3n) is 6.42. The summed E-state index contributed by atoms with van der Waals surface area (Å²) in [5.74, 6) is -0.710. The molecule has 0 saturated heterocycles. The lowest BCUT2D eigenvalue weighted by molar-refractivity contribution is -0.115. The van der Waals surface area contributed by atoms with Crippen LogP contribution in [0.4, 0.5) is 11.4 Å². The molecule has 0 aromatic heterocycles. The first-order chi connectivity index (χ1) is 20.6. The molecule has 0 heterocycles. The molecule has 1 atom stereocenters. The summed E-state index contributed by atoms with van der Waals surface area (Å²) in [6.45, 7) is 6.01. The molecule has 0 aliphatic rings. The van der Waals surface area contributed by atoms with Crippen molar-refractivity contribution in [1.29, 1.82) is 0 Å². The first kappa shape index (κ1) is 31.9. The molecule has 3 N–H and O–H groups in total. The zero-order valence-corrected chi connectivity index (χ0v) is 26.2. The van der Waals surface area contributed by atoms with E-state index in [1.165, 1.54) is 17.3 Å². The largest absolute Gasteiger partial charge is 0.324 e. The van der Waals surface area contributed by atoms with Gasteiger partial charge in [0.2, 0.25) is 5.91 Å². The Morgan fingerprint density at radius 2 is 1.47 bits per heavy atom. The van der Waals surface area contributed by atoms with Gasteiger partial charge in [-0.15, -0.1) is 11.8 Å². The predicted octanol–water partition coefficient (Wildman–Crippen LogP) is 8.65. The quantitative estimate of drug-likeness (QED) is 0.121. The number of hydrogen-bond acceptors (Lipinski definition) is 4. The number of carbonyl (C=O) groups is 3. The highest BCUT2D eigenvalue weighted by atomic mass is 35.5. The lowest BCUT2D eigenvalue weighted by atomic mass is 10.0. The van der Waals surface area contributed by atoms with Crippen molar-refractivity contribution < 1.29 is 14.4 Å². The smallest absolute Gasteiger partial charge is 0.272 e. The van der Waals surface area contributed by atoms with Gasteiger partial charge >= 0.3 is 0 Å². The van der Waals surface area contributed by atoms with Crippen molar-refractivity contribution in [3.8, 4) is 0 Å². The van der Waals surface area contributed by atoms with Gasteiger partial charge in [-0.05, 0) is 84.6 Å². The Morgan fingerprint density at radius 3 is 2.12 bits per heavy atom. The van der Waals surface area contributed by atoms with E-state index in [0.29, 0.717) is 32.9 Å². The molecular formula is C34H31Cl2N3O3S. The molecule has 0 radical (unpaired) electrons. The van der Waals surface area contributed by atoms with Crippen LogP contribution in [0.15, 0.2) is 108 Å². The number of thioether (sulfide) groups is 1. The normalized spacial score (nSPS) is 12.0. The minimum atomic E-state index is -0.469. The highest BCUT2D eigenvalue weighted by molar-refractivity contribution is 8.00. The van der Waals surface area contributed by atoms with Gasteiger partial charge in [-0.1, -0.05) is 79.5 Å². The van der Waals surface area contributed by atoms with Gasteiger partial charge < -0.3 is 16.0 Å². The lowest BCUT2D eigenvalue weighted by Crippen LogP contribution is -2.30. The Labute approximate surface area is 265 Å².